The van der Waals surface area contributed by atoms with Gasteiger partial charge in [-0.1, -0.05) is 59.9 Å². The summed E-state index contributed by atoms with van der Waals surface area (Å²) >= 11 is 0. The maximum absolute atomic E-state index is 2.56. The number of hydrogen-bond donors (Lipinski definition) is 0. The Kier molecular flexibility index (Phi) is 25.7. The Bertz CT molecular complexity index is 362. The van der Waals surface area contributed by atoms with Crippen molar-refractivity contribution in [3.05, 3.63) is 13.1 Å². The van der Waals surface area contributed by atoms with Gasteiger partial charge in [0.25, 0.3) is 0 Å². The quantitative estimate of drug-likeness (QED) is 0.354. The third-order valence-corrected chi connectivity index (χ3v) is 7.53. The van der Waals surface area contributed by atoms with Gasteiger partial charge in [0.15, 0.2) is 0 Å². The summed E-state index contributed by atoms with van der Waals surface area (Å²) in [6.07, 6.45) is 17.6. The van der Waals surface area contributed by atoms with Gasteiger partial charge in [-0.2, -0.15) is 12.8 Å². The van der Waals surface area contributed by atoms with Crippen LogP contribution in [-0.2, 0) is 0 Å². The third kappa shape index (κ3) is 13.5. The van der Waals surface area contributed by atoms with Crippen LogP contribution in [0.3, 0.4) is 0 Å². The molecular weight excluding hydrogens is 571 g/mol. The molecule has 0 bridgehead atoms. The van der Waals surface area contributed by atoms with Crippen LogP contribution in [0.5, 0.6) is 0 Å². The van der Waals surface area contributed by atoms with Crippen molar-refractivity contribution in [2.24, 2.45) is 29.1 Å². The number of likely N-dealkylation sites (tertiary alicyclic amines) is 1. The second-order valence-corrected chi connectivity index (χ2v) is 9.82. The SMILES string of the molecule is CC.CCC1CCC2(CC1)CCC(CN1[CH-]CC(CC(C)C)C[CH-]1)CC2.[Rb+].[Rb+].[Rb+]. The van der Waals surface area contributed by atoms with E-state index in [4.69, 9.17) is 0 Å². The summed E-state index contributed by atoms with van der Waals surface area (Å²) in [5, 5.41) is 0. The fraction of sp³-hybridized carbons (Fsp3) is 0.920. The van der Waals surface area contributed by atoms with E-state index < -0.39 is 0 Å². The van der Waals surface area contributed by atoms with Crippen LogP contribution < -0.4 is 175 Å². The first-order valence-electron chi connectivity index (χ1n) is 12.0. The van der Waals surface area contributed by atoms with Crippen LogP contribution >= 0.6 is 0 Å². The van der Waals surface area contributed by atoms with E-state index in [1.165, 1.54) is 83.6 Å². The topological polar surface area (TPSA) is 3.24 Å². The summed E-state index contributed by atoms with van der Waals surface area (Å²) in [6, 6.07) is 0. The van der Waals surface area contributed by atoms with Gasteiger partial charge in [-0.3, -0.25) is 13.1 Å². The summed E-state index contributed by atoms with van der Waals surface area (Å²) in [5.41, 5.74) is 0.764. The predicted molar refractivity (Wildman–Crippen MR) is 115 cm³/mol. The van der Waals surface area contributed by atoms with Gasteiger partial charge in [0.2, 0.25) is 0 Å². The van der Waals surface area contributed by atoms with Crippen LogP contribution in [0.15, 0.2) is 0 Å². The van der Waals surface area contributed by atoms with Crippen LogP contribution in [-0.4, -0.2) is 11.4 Å². The zero-order chi connectivity index (χ0) is 19.0. The molecular formula is C25H47NRb3+. The van der Waals surface area contributed by atoms with Crippen molar-refractivity contribution < 1.29 is 175 Å². The van der Waals surface area contributed by atoms with Crippen molar-refractivity contribution in [2.45, 2.75) is 112 Å². The van der Waals surface area contributed by atoms with Crippen molar-refractivity contribution in [2.75, 3.05) is 6.54 Å². The second kappa shape index (κ2) is 20.4. The molecule has 0 aromatic carbocycles. The van der Waals surface area contributed by atoms with E-state index in [0.717, 1.165) is 29.1 Å². The number of hydrogen-bond acceptors (Lipinski definition) is 1. The summed E-state index contributed by atoms with van der Waals surface area (Å²) in [7, 11) is 0. The van der Waals surface area contributed by atoms with E-state index >= 15 is 0 Å². The van der Waals surface area contributed by atoms with E-state index in [2.05, 4.69) is 38.8 Å². The molecule has 1 aliphatic heterocycles. The first kappa shape index (κ1) is 36.5. The molecule has 1 nitrogen and oxygen atoms in total. The summed E-state index contributed by atoms with van der Waals surface area (Å²) in [5.74, 6) is 3.75. The largest absolute Gasteiger partial charge is 1.00 e. The molecule has 1 saturated heterocycles. The standard InChI is InChI=1S/C23H41N.C2H6.3Rb/c1-4-20-5-11-23(12-6-20)13-7-22(8-14-23)18-24-15-9-21(10-16-24)17-19(2)3;1-2;;;/h15-16,19-22H,4-14,17-18H2,1-3H3;1-2H3;;;/q-2;;3*+1. The smallest absolute Gasteiger partial charge is 0.605 e. The van der Waals surface area contributed by atoms with Gasteiger partial charge < -0.3 is 4.90 Å². The zero-order valence-electron chi connectivity index (χ0n) is 21.6. The molecule has 0 unspecified atom stereocenters. The Morgan fingerprint density at radius 2 is 1.24 bits per heavy atom. The minimum atomic E-state index is 0. The summed E-state index contributed by atoms with van der Waals surface area (Å²) < 4.78 is 0. The van der Waals surface area contributed by atoms with Gasteiger partial charge in [-0.25, -0.2) is 0 Å². The molecule has 0 atom stereocenters. The fourth-order valence-electron chi connectivity index (χ4n) is 5.72. The molecule has 2 aliphatic carbocycles. The van der Waals surface area contributed by atoms with Crippen molar-refractivity contribution in [1.29, 1.82) is 0 Å². The van der Waals surface area contributed by atoms with Gasteiger partial charge in [0, 0.05) is 0 Å². The molecule has 0 amide bonds. The van der Waals surface area contributed by atoms with Crippen LogP contribution in [0.4, 0.5) is 0 Å². The molecule has 4 heteroatoms. The fourth-order valence-corrected chi connectivity index (χ4v) is 5.72. The van der Waals surface area contributed by atoms with E-state index in [9.17, 15) is 0 Å². The second-order valence-electron chi connectivity index (χ2n) is 9.82. The minimum Gasteiger partial charge on any atom is -0.605 e. The van der Waals surface area contributed by atoms with Crippen molar-refractivity contribution in [3.63, 3.8) is 0 Å². The molecule has 3 aliphatic rings. The molecule has 154 valence electrons. The first-order valence-corrected chi connectivity index (χ1v) is 12.0. The molecule has 1 spiro atoms. The van der Waals surface area contributed by atoms with Crippen LogP contribution in [0.2, 0.25) is 0 Å². The molecule has 0 aromatic heterocycles. The monoisotopic (exact) mass is 616 g/mol. The Balaban J connectivity index is 0. The van der Waals surface area contributed by atoms with Crippen LogP contribution in [0.1, 0.15) is 112 Å². The summed E-state index contributed by atoms with van der Waals surface area (Å²) in [4.78, 5) is 2.56. The Morgan fingerprint density at radius 1 is 0.793 bits per heavy atom. The average molecular weight is 618 g/mol. The molecule has 3 fully saturated rings. The maximum atomic E-state index is 2.56. The molecule has 29 heavy (non-hydrogen) atoms. The maximum Gasteiger partial charge on any atom is 1.00 e. The molecule has 3 rings (SSSR count). The third-order valence-electron chi connectivity index (χ3n) is 7.53. The van der Waals surface area contributed by atoms with Gasteiger partial charge in [-0.15, -0.1) is 0 Å². The number of rotatable bonds is 5. The van der Waals surface area contributed by atoms with E-state index in [1.54, 1.807) is 0 Å². The Hall–Kier alpha value is 5.38. The Morgan fingerprint density at radius 3 is 1.66 bits per heavy atom. The van der Waals surface area contributed by atoms with Gasteiger partial charge >= 0.3 is 175 Å². The average Bonchev–Trinajstić information content (AvgIpc) is 2.67. The molecule has 0 radical (unpaired) electrons. The van der Waals surface area contributed by atoms with Gasteiger partial charge in [-0.05, 0) is 74.5 Å². The molecule has 0 aromatic rings. The number of piperidine rings is 1. The first-order chi connectivity index (χ1) is 12.6. The number of nitrogens with zero attached hydrogens (tertiary/aromatic N) is 1. The van der Waals surface area contributed by atoms with E-state index in [-0.39, 0.29) is 175 Å². The summed E-state index contributed by atoms with van der Waals surface area (Å²) in [6.45, 7) is 17.4. The van der Waals surface area contributed by atoms with Crippen LogP contribution in [0.25, 0.3) is 0 Å². The molecule has 1 heterocycles. The zero-order valence-corrected chi connectivity index (χ0v) is 36.4. The predicted octanol–water partition coefficient (Wildman–Crippen LogP) is -1.12. The normalized spacial score (nSPS) is 30.4. The molecule has 2 saturated carbocycles. The Labute approximate surface area is 331 Å². The van der Waals surface area contributed by atoms with Gasteiger partial charge in [0.1, 0.15) is 0 Å². The van der Waals surface area contributed by atoms with Crippen molar-refractivity contribution >= 4 is 0 Å². The van der Waals surface area contributed by atoms with Crippen LogP contribution in [0, 0.1) is 42.2 Å². The minimum absolute atomic E-state index is 0. The van der Waals surface area contributed by atoms with Crippen molar-refractivity contribution in [1.82, 2.24) is 4.90 Å². The van der Waals surface area contributed by atoms with Crippen molar-refractivity contribution in [3.8, 4) is 0 Å². The van der Waals surface area contributed by atoms with Gasteiger partial charge in [0.05, 0.1) is 0 Å². The molecule has 0 N–H and O–H groups in total. The van der Waals surface area contributed by atoms with E-state index in [0.29, 0.717) is 0 Å². The van der Waals surface area contributed by atoms with E-state index in [1.807, 2.05) is 13.8 Å².